The highest BCUT2D eigenvalue weighted by Crippen LogP contribution is 2.22. The molecule has 9 nitrogen and oxygen atoms in total. The molecule has 0 unspecified atom stereocenters. The number of hydrogen-bond donors (Lipinski definition) is 2. The molecule has 1 amide bonds. The van der Waals surface area contributed by atoms with Crippen LogP contribution in [0.2, 0.25) is 5.02 Å². The van der Waals surface area contributed by atoms with Crippen molar-refractivity contribution in [1.29, 1.82) is 0 Å². The molecule has 2 aromatic carbocycles. The number of halogens is 1. The first kappa shape index (κ1) is 21.7. The van der Waals surface area contributed by atoms with E-state index < -0.39 is 36.2 Å². The van der Waals surface area contributed by atoms with Crippen molar-refractivity contribution < 1.29 is 38.5 Å². The number of esters is 3. The molecule has 2 rings (SSSR count). The summed E-state index contributed by atoms with van der Waals surface area (Å²) < 4.78 is 14.1. The Morgan fingerprint density at radius 2 is 1.52 bits per heavy atom. The van der Waals surface area contributed by atoms with Gasteiger partial charge in [0.05, 0.1) is 25.3 Å². The molecule has 2 aromatic rings. The van der Waals surface area contributed by atoms with E-state index in [0.29, 0.717) is 0 Å². The number of benzene rings is 2. The van der Waals surface area contributed by atoms with Crippen LogP contribution in [0.15, 0.2) is 36.4 Å². The Kier molecular flexibility index (Phi) is 7.15. The molecule has 0 saturated carbocycles. The Balaban J connectivity index is 2.10. The standard InChI is InChI=1S/C19H16ClNO8/c1-27-17(24)10-5-11(18(25)28-2)7-13(6-10)21-16(23)9-29-19(26)14-4-3-12(20)8-15(14)22/h3-8,22H,9H2,1-2H3,(H,21,23). The van der Waals surface area contributed by atoms with Crippen LogP contribution in [0.1, 0.15) is 31.1 Å². The highest BCUT2D eigenvalue weighted by atomic mass is 35.5. The van der Waals surface area contributed by atoms with Gasteiger partial charge in [-0.3, -0.25) is 4.79 Å². The smallest absolute Gasteiger partial charge is 0.342 e. The number of rotatable bonds is 6. The maximum absolute atomic E-state index is 12.1. The molecule has 0 saturated heterocycles. The minimum atomic E-state index is -0.937. The van der Waals surface area contributed by atoms with Gasteiger partial charge in [0.25, 0.3) is 5.91 Å². The van der Waals surface area contributed by atoms with E-state index in [4.69, 9.17) is 16.3 Å². The number of methoxy groups -OCH3 is 2. The van der Waals surface area contributed by atoms with Crippen molar-refractivity contribution in [2.45, 2.75) is 0 Å². The SMILES string of the molecule is COC(=O)c1cc(NC(=O)COC(=O)c2ccc(Cl)cc2O)cc(C(=O)OC)c1. The van der Waals surface area contributed by atoms with Crippen LogP contribution in [-0.4, -0.2) is 49.7 Å². The Labute approximate surface area is 170 Å². The van der Waals surface area contributed by atoms with Gasteiger partial charge in [-0.25, -0.2) is 14.4 Å². The molecule has 0 bridgehead atoms. The number of amides is 1. The van der Waals surface area contributed by atoms with Gasteiger partial charge in [-0.05, 0) is 36.4 Å². The zero-order valence-corrected chi connectivity index (χ0v) is 16.1. The predicted octanol–water partition coefficient (Wildman–Crippen LogP) is 2.41. The van der Waals surface area contributed by atoms with E-state index in [0.717, 1.165) is 20.3 Å². The Hall–Kier alpha value is -3.59. The fourth-order valence-electron chi connectivity index (χ4n) is 2.25. The number of carbonyl (C=O) groups excluding carboxylic acids is 4. The summed E-state index contributed by atoms with van der Waals surface area (Å²) in [6, 6.07) is 7.60. The van der Waals surface area contributed by atoms with Crippen LogP contribution in [0.5, 0.6) is 5.75 Å². The van der Waals surface area contributed by atoms with E-state index in [2.05, 4.69) is 14.8 Å². The largest absolute Gasteiger partial charge is 0.507 e. The molecule has 0 radical (unpaired) electrons. The van der Waals surface area contributed by atoms with Crippen molar-refractivity contribution in [3.63, 3.8) is 0 Å². The second kappa shape index (κ2) is 9.56. The molecule has 0 aliphatic rings. The van der Waals surface area contributed by atoms with Crippen molar-refractivity contribution >= 4 is 41.1 Å². The van der Waals surface area contributed by atoms with Crippen molar-refractivity contribution in [2.24, 2.45) is 0 Å². The zero-order valence-electron chi connectivity index (χ0n) is 15.4. The molecule has 2 N–H and O–H groups in total. The Morgan fingerprint density at radius 3 is 2.03 bits per heavy atom. The molecule has 10 heteroatoms. The van der Waals surface area contributed by atoms with E-state index in [1.807, 2.05) is 0 Å². The Morgan fingerprint density at radius 1 is 0.931 bits per heavy atom. The minimum absolute atomic E-state index is 0.00813. The number of anilines is 1. The number of ether oxygens (including phenoxy) is 3. The van der Waals surface area contributed by atoms with E-state index in [-0.39, 0.29) is 27.4 Å². The maximum atomic E-state index is 12.1. The summed E-state index contributed by atoms with van der Waals surface area (Å²) in [5, 5.41) is 12.3. The van der Waals surface area contributed by atoms with Crippen LogP contribution in [0.3, 0.4) is 0 Å². The van der Waals surface area contributed by atoms with Gasteiger partial charge < -0.3 is 24.6 Å². The second-order valence-electron chi connectivity index (χ2n) is 5.57. The van der Waals surface area contributed by atoms with Crippen molar-refractivity contribution in [1.82, 2.24) is 0 Å². The number of phenols is 1. The molecule has 0 aliphatic carbocycles. The van der Waals surface area contributed by atoms with Crippen LogP contribution < -0.4 is 5.32 Å². The summed E-state index contributed by atoms with van der Waals surface area (Å²) >= 11 is 5.69. The number of aromatic hydroxyl groups is 1. The molecule has 0 atom stereocenters. The van der Waals surface area contributed by atoms with Crippen LogP contribution in [0.25, 0.3) is 0 Å². The summed E-state index contributed by atoms with van der Waals surface area (Å²) in [4.78, 5) is 47.6. The molecule has 0 fully saturated rings. The molecule has 152 valence electrons. The number of carbonyl (C=O) groups is 4. The third kappa shape index (κ3) is 5.69. The van der Waals surface area contributed by atoms with Gasteiger partial charge in [0.15, 0.2) is 6.61 Å². The van der Waals surface area contributed by atoms with Crippen molar-refractivity contribution in [3.8, 4) is 5.75 Å². The Bertz CT molecular complexity index is 938. The average Bonchev–Trinajstić information content (AvgIpc) is 2.70. The van der Waals surface area contributed by atoms with Crippen LogP contribution in [0.4, 0.5) is 5.69 Å². The number of hydrogen-bond acceptors (Lipinski definition) is 8. The maximum Gasteiger partial charge on any atom is 0.342 e. The molecule has 29 heavy (non-hydrogen) atoms. The minimum Gasteiger partial charge on any atom is -0.507 e. The van der Waals surface area contributed by atoms with E-state index in [1.54, 1.807) is 0 Å². The molecule has 0 aliphatic heterocycles. The quantitative estimate of drug-likeness (QED) is 0.537. The lowest BCUT2D eigenvalue weighted by molar-refractivity contribution is -0.119. The van der Waals surface area contributed by atoms with E-state index in [9.17, 15) is 24.3 Å². The lowest BCUT2D eigenvalue weighted by Crippen LogP contribution is -2.21. The first-order valence-corrected chi connectivity index (χ1v) is 8.40. The van der Waals surface area contributed by atoms with Crippen LogP contribution in [0, 0.1) is 0 Å². The summed E-state index contributed by atoms with van der Waals surface area (Å²) in [6.07, 6.45) is 0. The van der Waals surface area contributed by atoms with Crippen LogP contribution in [-0.2, 0) is 19.0 Å². The van der Waals surface area contributed by atoms with Crippen molar-refractivity contribution in [2.75, 3.05) is 26.1 Å². The summed E-state index contributed by atoms with van der Waals surface area (Å²) in [6.45, 7) is -0.684. The van der Waals surface area contributed by atoms with Gasteiger partial charge in [0.1, 0.15) is 11.3 Å². The van der Waals surface area contributed by atoms with Crippen molar-refractivity contribution in [3.05, 3.63) is 58.1 Å². The monoisotopic (exact) mass is 421 g/mol. The number of phenolic OH excluding ortho intramolecular Hbond substituents is 1. The fourth-order valence-corrected chi connectivity index (χ4v) is 2.42. The van der Waals surface area contributed by atoms with E-state index >= 15 is 0 Å². The summed E-state index contributed by atoms with van der Waals surface area (Å²) in [5.74, 6) is -3.53. The van der Waals surface area contributed by atoms with Crippen LogP contribution >= 0.6 is 11.6 Å². The highest BCUT2D eigenvalue weighted by Gasteiger charge is 2.17. The average molecular weight is 422 g/mol. The topological polar surface area (TPSA) is 128 Å². The van der Waals surface area contributed by atoms with Gasteiger partial charge in [0, 0.05) is 10.7 Å². The number of nitrogens with one attached hydrogen (secondary N) is 1. The lowest BCUT2D eigenvalue weighted by atomic mass is 10.1. The first-order chi connectivity index (χ1) is 13.7. The van der Waals surface area contributed by atoms with Gasteiger partial charge in [0.2, 0.25) is 0 Å². The summed E-state index contributed by atoms with van der Waals surface area (Å²) in [7, 11) is 2.33. The normalized spacial score (nSPS) is 10.0. The molecule has 0 spiro atoms. The highest BCUT2D eigenvalue weighted by molar-refractivity contribution is 6.30. The third-order valence-corrected chi connectivity index (χ3v) is 3.81. The van der Waals surface area contributed by atoms with E-state index in [1.165, 1.54) is 30.3 Å². The second-order valence-corrected chi connectivity index (χ2v) is 6.00. The van der Waals surface area contributed by atoms with Gasteiger partial charge in [-0.2, -0.15) is 0 Å². The van der Waals surface area contributed by atoms with Gasteiger partial charge in [-0.15, -0.1) is 0 Å². The first-order valence-electron chi connectivity index (χ1n) is 8.02. The van der Waals surface area contributed by atoms with Gasteiger partial charge in [-0.1, -0.05) is 11.6 Å². The lowest BCUT2D eigenvalue weighted by Gasteiger charge is -2.10. The fraction of sp³-hybridized carbons (Fsp3) is 0.158. The predicted molar refractivity (Wildman–Crippen MR) is 101 cm³/mol. The molecule has 0 aromatic heterocycles. The summed E-state index contributed by atoms with van der Waals surface area (Å²) in [5.41, 5.74) is -0.0610. The molecule has 0 heterocycles. The third-order valence-electron chi connectivity index (χ3n) is 3.57. The molecular weight excluding hydrogens is 406 g/mol. The molecular formula is C19H16ClNO8. The zero-order chi connectivity index (χ0) is 21.6. The van der Waals surface area contributed by atoms with Gasteiger partial charge >= 0.3 is 17.9 Å².